The summed E-state index contributed by atoms with van der Waals surface area (Å²) in [5, 5.41) is 3.71. The number of aliphatic imine (C=N–C) groups is 2. The van der Waals surface area contributed by atoms with E-state index in [-0.39, 0.29) is 26.1 Å². The molecule has 68 heavy (non-hydrogen) atoms. The van der Waals surface area contributed by atoms with Gasteiger partial charge in [0.05, 0.1) is 34.9 Å². The summed E-state index contributed by atoms with van der Waals surface area (Å²) >= 11 is 9.59. The molecule has 2 saturated heterocycles. The van der Waals surface area contributed by atoms with Crippen LogP contribution in [0.3, 0.4) is 0 Å². The molecule has 2 N–H and O–H groups in total. The molecule has 0 saturated carbocycles. The highest BCUT2D eigenvalue weighted by Gasteiger charge is 2.45. The Morgan fingerprint density at radius 3 is 1.40 bits per heavy atom. The van der Waals surface area contributed by atoms with Gasteiger partial charge in [0.2, 0.25) is 20.0 Å². The molecule has 4 aliphatic heterocycles. The van der Waals surface area contributed by atoms with E-state index in [0.717, 1.165) is 0 Å². The quantitative estimate of drug-likeness (QED) is 0.118. The zero-order chi connectivity index (χ0) is 49.2. The van der Waals surface area contributed by atoms with E-state index >= 15 is 0 Å². The number of amidine groups is 2. The number of nitrogens with zero attached hydrogens (tertiary/aromatic N) is 6. The van der Waals surface area contributed by atoms with Crippen molar-refractivity contribution in [3.8, 4) is 0 Å². The van der Waals surface area contributed by atoms with Gasteiger partial charge in [-0.2, -0.15) is 0 Å². The maximum Gasteiger partial charge on any atom is 0.338 e. The molecule has 364 valence electrons. The van der Waals surface area contributed by atoms with Gasteiger partial charge in [0.25, 0.3) is 0 Å². The van der Waals surface area contributed by atoms with E-state index < -0.39 is 78.3 Å². The number of fused-ring (bicyclic) bond motifs is 2. The predicted octanol–water partition coefficient (Wildman–Crippen LogP) is 7.53. The molecule has 4 atom stereocenters. The monoisotopic (exact) mass is 1140 g/mol. The summed E-state index contributed by atoms with van der Waals surface area (Å²) in [5.74, 6) is -0.870. The molecule has 4 aliphatic rings. The fourth-order valence-electron chi connectivity index (χ4n) is 7.92. The maximum atomic E-state index is 13.8. The number of carbonyl (C=O) groups is 2. The van der Waals surface area contributed by atoms with E-state index in [1.54, 1.807) is 66.1 Å². The number of carbonyl (C=O) groups excluding carboxylic acids is 2. The van der Waals surface area contributed by atoms with Crippen molar-refractivity contribution in [2.45, 2.75) is 89.1 Å². The van der Waals surface area contributed by atoms with Crippen LogP contribution in [0.15, 0.2) is 101 Å². The molecule has 8 rings (SSSR count). The summed E-state index contributed by atoms with van der Waals surface area (Å²) < 4.78 is 95.1. The van der Waals surface area contributed by atoms with Gasteiger partial charge in [0.1, 0.15) is 23.7 Å². The van der Waals surface area contributed by atoms with Crippen molar-refractivity contribution in [1.29, 1.82) is 0 Å². The first-order valence-corrected chi connectivity index (χ1v) is 27.9. The average molecular weight is 1140 g/mol. The number of thiazole rings is 2. The smallest absolute Gasteiger partial charge is 0.338 e. The molecule has 0 radical (unpaired) electrons. The first-order chi connectivity index (χ1) is 32.2. The largest absolute Gasteiger partial charge is 0.463 e. The fourth-order valence-corrected chi connectivity index (χ4v) is 12.1. The molecule has 6 heterocycles. The molecular weight excluding hydrogens is 1090 g/mol. The Balaban J connectivity index is 0.000000201. The number of aromatic nitrogens is 2. The molecule has 4 aromatic rings. The van der Waals surface area contributed by atoms with Crippen molar-refractivity contribution in [2.24, 2.45) is 9.98 Å². The van der Waals surface area contributed by atoms with Crippen LogP contribution < -0.4 is 9.44 Å². The van der Waals surface area contributed by atoms with Crippen molar-refractivity contribution in [2.75, 3.05) is 26.3 Å². The van der Waals surface area contributed by atoms with Crippen LogP contribution in [0, 0.1) is 11.6 Å². The molecule has 0 aliphatic carbocycles. The lowest BCUT2D eigenvalue weighted by atomic mass is 9.94. The standard InChI is InChI=1S/2C22H24BrFN4O4S2/c2*1-4-32-22(29)18-17-10-14(27-34(30,31)12(2)3)11-28(17)20(21-25-7-8-33-21)26-19(18)15-6-5-13(24)9-16(15)23/h2*5-9,12,14,19,27H,4,10-11H2,1-3H3/t2*14-,19?/m10/s1. The van der Waals surface area contributed by atoms with Gasteiger partial charge in [0, 0.05) is 81.5 Å². The SMILES string of the molecule is CCOC(=O)C1=C2C[C@@H](NS(=O)(=O)C(C)C)CN2C(c2nccs2)=NC1c1ccc(F)cc1Br.CCOC(=O)C1=C2C[C@H](NS(=O)(=O)C(C)C)CN2C(c2nccs2)=NC1c1ccc(F)cc1Br. The highest BCUT2D eigenvalue weighted by atomic mass is 79.9. The minimum atomic E-state index is -3.54. The first kappa shape index (κ1) is 51.5. The second-order valence-corrected chi connectivity index (χ2v) is 24.4. The van der Waals surface area contributed by atoms with E-state index in [1.807, 2.05) is 20.6 Å². The van der Waals surface area contributed by atoms with Gasteiger partial charge in [-0.05, 0) is 76.9 Å². The Kier molecular flexibility index (Phi) is 16.2. The van der Waals surface area contributed by atoms with Crippen LogP contribution in [0.2, 0.25) is 0 Å². The third-order valence-electron chi connectivity index (χ3n) is 11.2. The van der Waals surface area contributed by atoms with Gasteiger partial charge in [-0.15, -0.1) is 22.7 Å². The van der Waals surface area contributed by atoms with Crippen LogP contribution in [-0.2, 0) is 39.1 Å². The van der Waals surface area contributed by atoms with Gasteiger partial charge in [-0.1, -0.05) is 44.0 Å². The third kappa shape index (κ3) is 11.0. The number of hydrogen-bond donors (Lipinski definition) is 2. The van der Waals surface area contributed by atoms with E-state index in [1.165, 1.54) is 46.9 Å². The number of benzene rings is 2. The molecule has 2 fully saturated rings. The predicted molar refractivity (Wildman–Crippen MR) is 263 cm³/mol. The van der Waals surface area contributed by atoms with Gasteiger partial charge < -0.3 is 19.3 Å². The highest BCUT2D eigenvalue weighted by molar-refractivity contribution is 9.10. The zero-order valence-electron chi connectivity index (χ0n) is 37.6. The minimum absolute atomic E-state index is 0.166. The number of ether oxygens (including phenoxy) is 2. The number of halogens is 4. The lowest BCUT2D eigenvalue weighted by molar-refractivity contribution is -0.140. The number of rotatable bonds is 14. The fraction of sp³-hybridized carbons (Fsp3) is 0.409. The summed E-state index contributed by atoms with van der Waals surface area (Å²) in [7, 11) is -7.08. The second kappa shape index (κ2) is 21.4. The molecule has 2 aromatic carbocycles. The Morgan fingerprint density at radius 2 is 1.09 bits per heavy atom. The van der Waals surface area contributed by atoms with Crippen molar-refractivity contribution in [3.05, 3.63) is 124 Å². The number of sulfonamides is 2. The lowest BCUT2D eigenvalue weighted by Crippen LogP contribution is -2.42. The molecule has 16 nitrogen and oxygen atoms in total. The topological polar surface area (TPSA) is 202 Å². The van der Waals surface area contributed by atoms with E-state index in [2.05, 4.69) is 51.3 Å². The third-order valence-corrected chi connectivity index (χ3v) is 17.9. The Hall–Kier alpha value is -4.30. The van der Waals surface area contributed by atoms with Gasteiger partial charge in [-0.3, -0.25) is 9.98 Å². The van der Waals surface area contributed by atoms with E-state index in [0.29, 0.717) is 77.4 Å². The second-order valence-electron chi connectivity index (χ2n) is 16.3. The van der Waals surface area contributed by atoms with Crippen molar-refractivity contribution in [1.82, 2.24) is 29.2 Å². The number of nitrogens with one attached hydrogen (secondary N) is 2. The van der Waals surface area contributed by atoms with Crippen LogP contribution in [0.25, 0.3) is 0 Å². The van der Waals surface area contributed by atoms with E-state index in [9.17, 15) is 35.2 Å². The molecule has 0 amide bonds. The molecule has 24 heteroatoms. The minimum Gasteiger partial charge on any atom is -0.463 e. The molecule has 0 spiro atoms. The van der Waals surface area contributed by atoms with Gasteiger partial charge in [-0.25, -0.2) is 54.6 Å². The molecule has 0 bridgehead atoms. The van der Waals surface area contributed by atoms with Gasteiger partial charge in [0.15, 0.2) is 21.7 Å². The van der Waals surface area contributed by atoms with Gasteiger partial charge >= 0.3 is 11.9 Å². The number of hydrogen-bond acceptors (Lipinski definition) is 16. The first-order valence-electron chi connectivity index (χ1n) is 21.5. The summed E-state index contributed by atoms with van der Waals surface area (Å²) in [5.41, 5.74) is 3.04. The number of esters is 2. The van der Waals surface area contributed by atoms with Crippen LogP contribution in [0.5, 0.6) is 0 Å². The Labute approximate surface area is 418 Å². The van der Waals surface area contributed by atoms with E-state index in [4.69, 9.17) is 19.5 Å². The molecular formula is C44H48Br2F2N8O8S4. The summed E-state index contributed by atoms with van der Waals surface area (Å²) in [6.45, 7) is 10.8. The summed E-state index contributed by atoms with van der Waals surface area (Å²) in [6, 6.07) is 5.94. The molecule has 2 aromatic heterocycles. The van der Waals surface area contributed by atoms with Crippen LogP contribution >= 0.6 is 54.5 Å². The van der Waals surface area contributed by atoms with Crippen LogP contribution in [0.4, 0.5) is 8.78 Å². The zero-order valence-corrected chi connectivity index (χ0v) is 44.0. The van der Waals surface area contributed by atoms with Crippen molar-refractivity contribution >= 4 is 98.2 Å². The normalized spacial score (nSPS) is 20.5. The molecule has 2 unspecified atom stereocenters. The van der Waals surface area contributed by atoms with Crippen molar-refractivity contribution < 1.29 is 44.7 Å². The average Bonchev–Trinajstić information content (AvgIpc) is 4.11. The summed E-state index contributed by atoms with van der Waals surface area (Å²) in [6.07, 6.45) is 3.87. The van der Waals surface area contributed by atoms with Crippen molar-refractivity contribution in [3.63, 3.8) is 0 Å². The Morgan fingerprint density at radius 1 is 0.706 bits per heavy atom. The van der Waals surface area contributed by atoms with Crippen LogP contribution in [0.1, 0.15) is 87.6 Å². The maximum absolute atomic E-state index is 13.8. The lowest BCUT2D eigenvalue weighted by Gasteiger charge is -2.31. The highest BCUT2D eigenvalue weighted by Crippen LogP contribution is 2.45. The summed E-state index contributed by atoms with van der Waals surface area (Å²) in [4.78, 5) is 48.6. The Bertz CT molecular complexity index is 2720. The van der Waals surface area contributed by atoms with Crippen LogP contribution in [-0.4, -0.2) is 109 Å².